The lowest BCUT2D eigenvalue weighted by Crippen LogP contribution is -2.21. The van der Waals surface area contributed by atoms with Crippen LogP contribution in [0.5, 0.6) is 0 Å². The second-order valence-electron chi connectivity index (χ2n) is 4.67. The van der Waals surface area contributed by atoms with E-state index in [0.29, 0.717) is 16.3 Å². The van der Waals surface area contributed by atoms with E-state index in [-0.39, 0.29) is 17.5 Å². The van der Waals surface area contributed by atoms with Crippen LogP contribution in [0.3, 0.4) is 0 Å². The Labute approximate surface area is 143 Å². The Morgan fingerprint density at radius 2 is 1.91 bits per heavy atom. The Morgan fingerprint density at radius 3 is 2.57 bits per heavy atom. The largest absolute Gasteiger partial charge is 0.272 e. The topological polar surface area (TPSA) is 41.5 Å². The molecule has 3 nitrogen and oxygen atoms in total. The minimum Gasteiger partial charge on any atom is -0.272 e. The van der Waals surface area contributed by atoms with Gasteiger partial charge in [0, 0.05) is 9.92 Å². The number of hydrazone groups is 1. The first-order valence-corrected chi connectivity index (χ1v) is 8.45. The van der Waals surface area contributed by atoms with Gasteiger partial charge in [-0.2, -0.15) is 5.10 Å². The van der Waals surface area contributed by atoms with Gasteiger partial charge in [-0.25, -0.2) is 9.82 Å². The Morgan fingerprint density at radius 1 is 1.22 bits per heavy atom. The highest BCUT2D eigenvalue weighted by atomic mass is 35.5. The molecule has 120 valence electrons. The summed E-state index contributed by atoms with van der Waals surface area (Å²) < 4.78 is 13.5. The lowest BCUT2D eigenvalue weighted by atomic mass is 10.1. The maximum Gasteiger partial charge on any atom is 0.250 e. The summed E-state index contributed by atoms with van der Waals surface area (Å²) in [6, 6.07) is 13.6. The lowest BCUT2D eigenvalue weighted by Gasteiger charge is -2.06. The van der Waals surface area contributed by atoms with Crippen LogP contribution >= 0.6 is 23.4 Å². The average Bonchev–Trinajstić information content (AvgIpc) is 2.56. The molecule has 0 heterocycles. The highest BCUT2D eigenvalue weighted by molar-refractivity contribution is 8.00. The second kappa shape index (κ2) is 8.70. The summed E-state index contributed by atoms with van der Waals surface area (Å²) in [6.07, 6.45) is 0.669. The van der Waals surface area contributed by atoms with Gasteiger partial charge < -0.3 is 0 Å². The summed E-state index contributed by atoms with van der Waals surface area (Å²) in [5.41, 5.74) is 4.17. The molecule has 0 aliphatic carbocycles. The molecule has 2 aromatic carbocycles. The van der Waals surface area contributed by atoms with Gasteiger partial charge in [0.1, 0.15) is 5.82 Å². The van der Waals surface area contributed by atoms with Crippen molar-refractivity contribution in [3.8, 4) is 0 Å². The van der Waals surface area contributed by atoms with Gasteiger partial charge in [0.25, 0.3) is 0 Å². The fourth-order valence-corrected chi connectivity index (χ4v) is 2.72. The Bertz CT molecular complexity index is 704. The number of halogens is 2. The third kappa shape index (κ3) is 5.37. The molecule has 0 saturated heterocycles. The van der Waals surface area contributed by atoms with Crippen LogP contribution in [-0.4, -0.2) is 17.4 Å². The van der Waals surface area contributed by atoms with Crippen molar-refractivity contribution in [3.63, 3.8) is 0 Å². The Balaban J connectivity index is 1.93. The first-order chi connectivity index (χ1) is 11.1. The van der Waals surface area contributed by atoms with Crippen molar-refractivity contribution in [2.45, 2.75) is 18.2 Å². The van der Waals surface area contributed by atoms with Crippen LogP contribution in [0.4, 0.5) is 4.39 Å². The smallest absolute Gasteiger partial charge is 0.250 e. The molecule has 0 aliphatic heterocycles. The molecular weight excluding hydrogens is 335 g/mol. The zero-order valence-electron chi connectivity index (χ0n) is 12.6. The van der Waals surface area contributed by atoms with Gasteiger partial charge in [0.15, 0.2) is 0 Å². The third-order valence-electron chi connectivity index (χ3n) is 3.02. The van der Waals surface area contributed by atoms with Crippen LogP contribution in [0.2, 0.25) is 5.02 Å². The molecule has 2 aromatic rings. The van der Waals surface area contributed by atoms with Crippen LogP contribution < -0.4 is 5.43 Å². The second-order valence-corrected chi connectivity index (χ2v) is 6.13. The first kappa shape index (κ1) is 17.5. The third-order valence-corrected chi connectivity index (χ3v) is 4.32. The van der Waals surface area contributed by atoms with Gasteiger partial charge in [0.2, 0.25) is 5.91 Å². The summed E-state index contributed by atoms with van der Waals surface area (Å²) in [5.74, 6) is -0.510. The summed E-state index contributed by atoms with van der Waals surface area (Å²) in [6.45, 7) is 1.95. The summed E-state index contributed by atoms with van der Waals surface area (Å²) >= 11 is 6.99. The SMILES string of the molecule is CC/C(=N/NC(=O)CSc1ccccc1F)c1ccc(Cl)cc1. The number of nitrogens with zero attached hydrogens (tertiary/aromatic N) is 1. The molecule has 0 aliphatic rings. The number of amides is 1. The predicted octanol–water partition coefficient (Wildman–Crippen LogP) is 4.50. The molecule has 0 bridgehead atoms. The van der Waals surface area contributed by atoms with E-state index in [9.17, 15) is 9.18 Å². The molecule has 0 aromatic heterocycles. The van der Waals surface area contributed by atoms with Crippen molar-refractivity contribution in [2.75, 3.05) is 5.75 Å². The maximum atomic E-state index is 13.5. The Kier molecular flexibility index (Phi) is 6.62. The normalized spacial score (nSPS) is 11.3. The number of rotatable bonds is 6. The fourth-order valence-electron chi connectivity index (χ4n) is 1.86. The van der Waals surface area contributed by atoms with E-state index >= 15 is 0 Å². The minimum atomic E-state index is -0.329. The van der Waals surface area contributed by atoms with E-state index in [2.05, 4.69) is 10.5 Å². The van der Waals surface area contributed by atoms with E-state index in [1.54, 1.807) is 30.3 Å². The van der Waals surface area contributed by atoms with Crippen LogP contribution in [0, 0.1) is 5.82 Å². The van der Waals surface area contributed by atoms with Crippen LogP contribution in [0.15, 0.2) is 58.5 Å². The van der Waals surface area contributed by atoms with Crippen molar-refractivity contribution in [1.29, 1.82) is 0 Å². The number of carbonyl (C=O) groups excluding carboxylic acids is 1. The van der Waals surface area contributed by atoms with E-state index in [1.807, 2.05) is 19.1 Å². The molecule has 0 spiro atoms. The van der Waals surface area contributed by atoms with Crippen LogP contribution in [0.25, 0.3) is 0 Å². The fraction of sp³-hybridized carbons (Fsp3) is 0.176. The minimum absolute atomic E-state index is 0.0993. The number of benzene rings is 2. The van der Waals surface area contributed by atoms with Gasteiger partial charge in [0.05, 0.1) is 11.5 Å². The van der Waals surface area contributed by atoms with Gasteiger partial charge in [-0.1, -0.05) is 42.8 Å². The van der Waals surface area contributed by atoms with Crippen molar-refractivity contribution < 1.29 is 9.18 Å². The highest BCUT2D eigenvalue weighted by Gasteiger charge is 2.07. The number of nitrogens with one attached hydrogen (secondary N) is 1. The van der Waals surface area contributed by atoms with Crippen molar-refractivity contribution >= 4 is 35.0 Å². The summed E-state index contributed by atoms with van der Waals surface area (Å²) in [7, 11) is 0. The molecule has 23 heavy (non-hydrogen) atoms. The molecule has 0 unspecified atom stereocenters. The van der Waals surface area contributed by atoms with Gasteiger partial charge >= 0.3 is 0 Å². The van der Waals surface area contributed by atoms with Crippen molar-refractivity contribution in [1.82, 2.24) is 5.43 Å². The first-order valence-electron chi connectivity index (χ1n) is 7.09. The van der Waals surface area contributed by atoms with Gasteiger partial charge in [-0.3, -0.25) is 4.79 Å². The van der Waals surface area contributed by atoms with Gasteiger partial charge in [-0.15, -0.1) is 11.8 Å². The number of hydrogen-bond acceptors (Lipinski definition) is 3. The van der Waals surface area contributed by atoms with E-state index in [4.69, 9.17) is 11.6 Å². The number of hydrogen-bond donors (Lipinski definition) is 1. The molecule has 0 atom stereocenters. The highest BCUT2D eigenvalue weighted by Crippen LogP contribution is 2.20. The summed E-state index contributed by atoms with van der Waals surface area (Å²) in [5, 5.41) is 4.79. The standard InChI is InChI=1S/C17H16ClFN2OS/c1-2-15(12-7-9-13(18)10-8-12)20-21-17(22)11-23-16-6-4-3-5-14(16)19/h3-10H,2,11H2,1H3,(H,21,22)/b20-15-. The van der Waals surface area contributed by atoms with Gasteiger partial charge in [-0.05, 0) is 36.2 Å². The Hall–Kier alpha value is -1.85. The molecule has 0 radical (unpaired) electrons. The molecular formula is C17H16ClFN2OS. The van der Waals surface area contributed by atoms with Crippen LogP contribution in [0.1, 0.15) is 18.9 Å². The molecule has 0 saturated carbocycles. The molecule has 6 heteroatoms. The molecule has 2 rings (SSSR count). The van der Waals surface area contributed by atoms with E-state index < -0.39 is 0 Å². The molecule has 0 fully saturated rings. The summed E-state index contributed by atoms with van der Waals surface area (Å²) in [4.78, 5) is 12.3. The van der Waals surface area contributed by atoms with Crippen molar-refractivity contribution in [2.24, 2.45) is 5.10 Å². The predicted molar refractivity (Wildman–Crippen MR) is 93.5 cm³/mol. The maximum absolute atomic E-state index is 13.5. The van der Waals surface area contributed by atoms with E-state index in [0.717, 1.165) is 23.0 Å². The van der Waals surface area contributed by atoms with E-state index in [1.165, 1.54) is 6.07 Å². The van der Waals surface area contributed by atoms with Crippen molar-refractivity contribution in [3.05, 3.63) is 64.9 Å². The molecule has 1 N–H and O–H groups in total. The molecule has 1 amide bonds. The quantitative estimate of drug-likeness (QED) is 0.473. The zero-order chi connectivity index (χ0) is 16.7. The monoisotopic (exact) mass is 350 g/mol. The zero-order valence-corrected chi connectivity index (χ0v) is 14.1. The number of thioether (sulfide) groups is 1. The average molecular weight is 351 g/mol. The lowest BCUT2D eigenvalue weighted by molar-refractivity contribution is -0.118. The number of carbonyl (C=O) groups is 1. The van der Waals surface area contributed by atoms with Crippen LogP contribution in [-0.2, 0) is 4.79 Å².